The molecule has 0 N–H and O–H groups in total. The Hall–Kier alpha value is -3.43. The third kappa shape index (κ3) is 6.90. The second-order valence-electron chi connectivity index (χ2n) is 9.92. The van der Waals surface area contributed by atoms with Crippen molar-refractivity contribution >= 4 is 40.7 Å². The molecule has 3 aromatic rings. The van der Waals surface area contributed by atoms with Crippen molar-refractivity contribution < 1.29 is 19.1 Å². The van der Waals surface area contributed by atoms with Gasteiger partial charge in [-0.2, -0.15) is 5.10 Å². The molecule has 2 aliphatic heterocycles. The van der Waals surface area contributed by atoms with E-state index in [-0.39, 0.29) is 24.4 Å². The highest BCUT2D eigenvalue weighted by Gasteiger charge is 2.35. The monoisotopic (exact) mass is 594 g/mol. The third-order valence-corrected chi connectivity index (χ3v) is 8.02. The lowest BCUT2D eigenvalue weighted by Crippen LogP contribution is -2.46. The molecular weight excluding hydrogens is 563 g/mol. The van der Waals surface area contributed by atoms with E-state index in [9.17, 15) is 9.59 Å². The Bertz CT molecular complexity index is 1410. The van der Waals surface area contributed by atoms with Crippen molar-refractivity contribution in [2.45, 2.75) is 12.5 Å². The van der Waals surface area contributed by atoms with Gasteiger partial charge in [-0.3, -0.25) is 14.5 Å². The zero-order chi connectivity index (χ0) is 28.8. The molecule has 0 aliphatic carbocycles. The number of hydrogen-bond acceptors (Lipinski definition) is 6. The topological polar surface area (TPSA) is 74.7 Å². The molecule has 1 unspecified atom stereocenters. The summed E-state index contributed by atoms with van der Waals surface area (Å²) < 4.78 is 10.8. The summed E-state index contributed by atoms with van der Waals surface area (Å²) in [6, 6.07) is 21.6. The summed E-state index contributed by atoms with van der Waals surface area (Å²) in [7, 11) is 1.61. The van der Waals surface area contributed by atoms with Gasteiger partial charge in [-0.25, -0.2) is 5.01 Å². The van der Waals surface area contributed by atoms with Crippen molar-refractivity contribution in [2.24, 2.45) is 5.10 Å². The number of nitrogens with zero attached hydrogens (tertiary/aromatic N) is 4. The van der Waals surface area contributed by atoms with E-state index in [1.807, 2.05) is 48.5 Å². The van der Waals surface area contributed by atoms with E-state index >= 15 is 0 Å². The van der Waals surface area contributed by atoms with E-state index in [0.29, 0.717) is 54.0 Å². The molecule has 2 amide bonds. The van der Waals surface area contributed by atoms with Gasteiger partial charge in [0, 0.05) is 43.2 Å². The highest BCUT2D eigenvalue weighted by molar-refractivity contribution is 6.34. The fourth-order valence-electron chi connectivity index (χ4n) is 5.06. The molecule has 0 radical (unpaired) electrons. The summed E-state index contributed by atoms with van der Waals surface area (Å²) >= 11 is 12.9. The number of rotatable bonds is 9. The van der Waals surface area contributed by atoms with Gasteiger partial charge in [0.25, 0.3) is 11.8 Å². The number of morpholine rings is 1. The molecule has 8 nitrogen and oxygen atoms in total. The lowest BCUT2D eigenvalue weighted by molar-refractivity contribution is -0.133. The number of benzene rings is 3. The molecule has 41 heavy (non-hydrogen) atoms. The predicted octanol–water partition coefficient (Wildman–Crippen LogP) is 5.15. The second-order valence-corrected chi connectivity index (χ2v) is 10.7. The van der Waals surface area contributed by atoms with Crippen LogP contribution in [0.15, 0.2) is 77.9 Å². The molecule has 3 aromatic carbocycles. The SMILES string of the molecule is COc1ccc(C2CC(c3ccccc3Cl)=NN2C(=O)CN(CCN2CCOCC2)C(=O)c2ccccc2Cl)cc1. The van der Waals surface area contributed by atoms with E-state index in [0.717, 1.165) is 30.0 Å². The summed E-state index contributed by atoms with van der Waals surface area (Å²) in [5.74, 6) is 0.124. The molecule has 2 aliphatic rings. The average Bonchev–Trinajstić information content (AvgIpc) is 3.45. The minimum atomic E-state index is -0.365. The van der Waals surface area contributed by atoms with Gasteiger partial charge >= 0.3 is 0 Å². The van der Waals surface area contributed by atoms with Gasteiger partial charge < -0.3 is 14.4 Å². The lowest BCUT2D eigenvalue weighted by Gasteiger charge is -2.31. The van der Waals surface area contributed by atoms with Crippen LogP contribution in [0.5, 0.6) is 5.75 Å². The first kappa shape index (κ1) is 29.1. The van der Waals surface area contributed by atoms with Gasteiger partial charge in [0.15, 0.2) is 0 Å². The van der Waals surface area contributed by atoms with E-state index in [2.05, 4.69) is 4.90 Å². The van der Waals surface area contributed by atoms with E-state index in [4.69, 9.17) is 37.8 Å². The van der Waals surface area contributed by atoms with Crippen molar-refractivity contribution in [3.05, 3.63) is 99.5 Å². The van der Waals surface area contributed by atoms with Crippen LogP contribution in [0.3, 0.4) is 0 Å². The van der Waals surface area contributed by atoms with E-state index < -0.39 is 0 Å². The standard InChI is InChI=1S/C31H32Cl2N4O4/c1-40-23-12-10-22(11-13-23)29-20-28(24-6-2-4-8-26(24)32)34-37(29)30(38)21-36(15-14-35-16-18-41-19-17-35)31(39)25-7-3-5-9-27(25)33/h2-13,29H,14-21H2,1H3. The molecule has 10 heteroatoms. The largest absolute Gasteiger partial charge is 0.497 e. The normalized spacial score (nSPS) is 17.3. The zero-order valence-electron chi connectivity index (χ0n) is 22.8. The average molecular weight is 596 g/mol. The lowest BCUT2D eigenvalue weighted by atomic mass is 9.98. The maximum absolute atomic E-state index is 14.0. The first-order valence-electron chi connectivity index (χ1n) is 13.6. The number of carbonyl (C=O) groups is 2. The fourth-order valence-corrected chi connectivity index (χ4v) is 5.53. The molecule has 0 aromatic heterocycles. The number of hydrogen-bond donors (Lipinski definition) is 0. The Balaban J connectivity index is 1.43. The smallest absolute Gasteiger partial charge is 0.262 e. The van der Waals surface area contributed by atoms with E-state index in [1.165, 1.54) is 5.01 Å². The Morgan fingerprint density at radius 1 is 0.976 bits per heavy atom. The van der Waals surface area contributed by atoms with Crippen LogP contribution >= 0.6 is 23.2 Å². The fraction of sp³-hybridized carbons (Fsp3) is 0.323. The number of methoxy groups -OCH3 is 1. The Labute approximate surface area is 250 Å². The second kappa shape index (κ2) is 13.5. The minimum absolute atomic E-state index is 0.152. The quantitative estimate of drug-likeness (QED) is 0.342. The van der Waals surface area contributed by atoms with Gasteiger partial charge in [-0.1, -0.05) is 65.7 Å². The van der Waals surface area contributed by atoms with Crippen molar-refractivity contribution in [3.63, 3.8) is 0 Å². The van der Waals surface area contributed by atoms with Gasteiger partial charge in [0.1, 0.15) is 12.3 Å². The molecule has 0 saturated carbocycles. The van der Waals surface area contributed by atoms with Crippen molar-refractivity contribution in [1.29, 1.82) is 0 Å². The first-order valence-corrected chi connectivity index (χ1v) is 14.3. The molecular formula is C31H32Cl2N4O4. The molecule has 2 heterocycles. The van der Waals surface area contributed by atoms with Crippen molar-refractivity contribution in [3.8, 4) is 5.75 Å². The summed E-state index contributed by atoms with van der Waals surface area (Å²) in [6.45, 7) is 3.67. The summed E-state index contributed by atoms with van der Waals surface area (Å²) in [4.78, 5) is 31.5. The highest BCUT2D eigenvalue weighted by Crippen LogP contribution is 2.35. The molecule has 1 saturated heterocycles. The number of amides is 2. The summed E-state index contributed by atoms with van der Waals surface area (Å²) in [5, 5.41) is 7.16. The van der Waals surface area contributed by atoms with Crippen LogP contribution in [0.4, 0.5) is 0 Å². The van der Waals surface area contributed by atoms with Crippen molar-refractivity contribution in [2.75, 3.05) is 53.0 Å². The Morgan fingerprint density at radius 2 is 1.66 bits per heavy atom. The maximum Gasteiger partial charge on any atom is 0.262 e. The zero-order valence-corrected chi connectivity index (χ0v) is 24.4. The van der Waals surface area contributed by atoms with Crippen LogP contribution in [0.2, 0.25) is 10.0 Å². The third-order valence-electron chi connectivity index (χ3n) is 7.36. The van der Waals surface area contributed by atoms with Crippen LogP contribution < -0.4 is 4.74 Å². The Kier molecular flexibility index (Phi) is 9.57. The Morgan fingerprint density at radius 3 is 2.34 bits per heavy atom. The summed E-state index contributed by atoms with van der Waals surface area (Å²) in [5.41, 5.74) is 2.75. The maximum atomic E-state index is 14.0. The van der Waals surface area contributed by atoms with Crippen LogP contribution in [0, 0.1) is 0 Å². The highest BCUT2D eigenvalue weighted by atomic mass is 35.5. The predicted molar refractivity (Wildman–Crippen MR) is 160 cm³/mol. The van der Waals surface area contributed by atoms with Gasteiger partial charge in [0.2, 0.25) is 0 Å². The first-order chi connectivity index (χ1) is 19.9. The molecule has 214 valence electrons. The molecule has 0 spiro atoms. The van der Waals surface area contributed by atoms with Crippen molar-refractivity contribution in [1.82, 2.24) is 14.8 Å². The molecule has 1 atom stereocenters. The van der Waals surface area contributed by atoms with Crippen LogP contribution in [-0.4, -0.2) is 85.4 Å². The van der Waals surface area contributed by atoms with Gasteiger partial charge in [0.05, 0.1) is 42.7 Å². The van der Waals surface area contributed by atoms with Crippen LogP contribution in [-0.2, 0) is 9.53 Å². The number of hydrazone groups is 1. The number of carbonyl (C=O) groups excluding carboxylic acids is 2. The van der Waals surface area contributed by atoms with Gasteiger partial charge in [-0.05, 0) is 35.9 Å². The number of ether oxygens (including phenoxy) is 2. The van der Waals surface area contributed by atoms with Gasteiger partial charge in [-0.15, -0.1) is 0 Å². The van der Waals surface area contributed by atoms with Crippen LogP contribution in [0.1, 0.15) is 33.9 Å². The molecule has 1 fully saturated rings. The summed E-state index contributed by atoms with van der Waals surface area (Å²) in [6.07, 6.45) is 0.480. The molecule has 5 rings (SSSR count). The van der Waals surface area contributed by atoms with Crippen LogP contribution in [0.25, 0.3) is 0 Å². The number of halogens is 2. The molecule has 0 bridgehead atoms. The van der Waals surface area contributed by atoms with E-state index in [1.54, 1.807) is 36.3 Å². The minimum Gasteiger partial charge on any atom is -0.497 e.